The highest BCUT2D eigenvalue weighted by molar-refractivity contribution is 5.65. The minimum absolute atomic E-state index is 0.0166. The van der Waals surface area contributed by atoms with Crippen LogP contribution < -0.4 is 9.47 Å². The maximum atomic E-state index is 11.4. The SMILES string of the molecule is COc1c(C)c(OC)c2c(c1O)[C@H](CO)N1[C@@H]3[C@H]4[C@H](C[C@@H]([C@@H]1C#N)N4C)[C@H]1OCCN1[C@H]23. The molecule has 0 aliphatic carbocycles. The number of likely N-dealkylation sites (N-methyl/N-ethyl adjacent to an activating group) is 1. The molecular weight excluding hydrogens is 412 g/mol. The second-order valence-corrected chi connectivity index (χ2v) is 9.64. The number of aliphatic hydroxyl groups excluding tert-OH is 1. The van der Waals surface area contributed by atoms with Crippen LogP contribution in [0.4, 0.5) is 0 Å². The van der Waals surface area contributed by atoms with E-state index < -0.39 is 12.1 Å². The van der Waals surface area contributed by atoms with Crippen LogP contribution >= 0.6 is 0 Å². The van der Waals surface area contributed by atoms with Crippen molar-refractivity contribution in [1.82, 2.24) is 14.7 Å². The van der Waals surface area contributed by atoms with Gasteiger partial charge in [-0.2, -0.15) is 5.26 Å². The van der Waals surface area contributed by atoms with Crippen molar-refractivity contribution in [3.8, 4) is 23.3 Å². The number of phenolic OH excluding ortho intramolecular Hbond substituents is 1. The number of phenols is 1. The number of aliphatic hydroxyl groups is 1. The van der Waals surface area contributed by atoms with Gasteiger partial charge in [0.25, 0.3) is 0 Å². The first-order valence-corrected chi connectivity index (χ1v) is 11.3. The molecule has 0 amide bonds. The summed E-state index contributed by atoms with van der Waals surface area (Å²) in [5, 5.41) is 32.3. The molecule has 5 aliphatic heterocycles. The number of benzene rings is 1. The van der Waals surface area contributed by atoms with Gasteiger partial charge in [-0.15, -0.1) is 0 Å². The van der Waals surface area contributed by atoms with Crippen molar-refractivity contribution < 1.29 is 24.4 Å². The first kappa shape index (κ1) is 20.5. The van der Waals surface area contributed by atoms with Crippen molar-refractivity contribution in [2.24, 2.45) is 5.92 Å². The predicted octanol–water partition coefficient (Wildman–Crippen LogP) is 0.743. The summed E-state index contributed by atoms with van der Waals surface area (Å²) in [5.74, 6) is 1.36. The molecule has 6 rings (SSSR count). The molecule has 2 N–H and O–H groups in total. The lowest BCUT2D eigenvalue weighted by Crippen LogP contribution is -2.72. The van der Waals surface area contributed by atoms with Gasteiger partial charge in [0.15, 0.2) is 11.5 Å². The number of rotatable bonds is 3. The van der Waals surface area contributed by atoms with Crippen LogP contribution in [0.3, 0.4) is 0 Å². The van der Waals surface area contributed by atoms with E-state index in [1.807, 2.05) is 6.92 Å². The Kier molecular flexibility index (Phi) is 4.46. The Bertz CT molecular complexity index is 1010. The van der Waals surface area contributed by atoms with Crippen molar-refractivity contribution >= 4 is 0 Å². The van der Waals surface area contributed by atoms with Crippen LogP contribution in [0.25, 0.3) is 0 Å². The van der Waals surface area contributed by atoms with E-state index in [1.165, 1.54) is 7.11 Å². The number of piperidine rings is 1. The Labute approximate surface area is 187 Å². The molecule has 32 heavy (non-hydrogen) atoms. The second kappa shape index (κ2) is 6.95. The van der Waals surface area contributed by atoms with Crippen LogP contribution in [0.15, 0.2) is 0 Å². The lowest BCUT2D eigenvalue weighted by molar-refractivity contribution is -0.153. The monoisotopic (exact) mass is 442 g/mol. The zero-order valence-electron chi connectivity index (χ0n) is 18.9. The summed E-state index contributed by atoms with van der Waals surface area (Å²) in [5.41, 5.74) is 2.25. The molecule has 4 fully saturated rings. The highest BCUT2D eigenvalue weighted by Gasteiger charge is 2.68. The number of piperazine rings is 1. The third kappa shape index (κ3) is 2.20. The molecule has 172 valence electrons. The van der Waals surface area contributed by atoms with Gasteiger partial charge in [0, 0.05) is 47.3 Å². The lowest BCUT2D eigenvalue weighted by Gasteiger charge is -2.61. The van der Waals surface area contributed by atoms with Crippen LogP contribution in [0.5, 0.6) is 17.2 Å². The molecule has 4 saturated heterocycles. The molecule has 0 unspecified atom stereocenters. The number of ether oxygens (including phenoxy) is 3. The van der Waals surface area contributed by atoms with Gasteiger partial charge in [-0.25, -0.2) is 0 Å². The molecule has 1 aromatic rings. The Morgan fingerprint density at radius 1 is 1.19 bits per heavy atom. The molecule has 5 heterocycles. The maximum absolute atomic E-state index is 11.4. The quantitative estimate of drug-likeness (QED) is 0.702. The molecule has 0 aromatic heterocycles. The topological polar surface area (TPSA) is 102 Å². The Morgan fingerprint density at radius 2 is 1.94 bits per heavy atom. The summed E-state index contributed by atoms with van der Waals surface area (Å²) in [6.07, 6.45) is 0.862. The number of methoxy groups -OCH3 is 2. The fourth-order valence-electron chi connectivity index (χ4n) is 7.74. The second-order valence-electron chi connectivity index (χ2n) is 9.64. The standard InChI is InChI=1S/C23H30N4O5/c1-10-21(30-3)16-15(20(29)22(10)31-4)14(9-28)27-13(8-24)12-7-11-17(25(12)2)19(27)18(16)26-5-6-32-23(11)26/h11-14,17-19,23,28-29H,5-7,9H2,1-4H3/t11-,12-,13-,14-,17+,18+,19+,23+/m0/s1. The Morgan fingerprint density at radius 3 is 2.59 bits per heavy atom. The van der Waals surface area contributed by atoms with Gasteiger partial charge in [0.05, 0.1) is 45.6 Å². The van der Waals surface area contributed by atoms with E-state index in [0.29, 0.717) is 29.6 Å². The van der Waals surface area contributed by atoms with Crippen molar-refractivity contribution in [3.63, 3.8) is 0 Å². The minimum atomic E-state index is -0.517. The lowest BCUT2D eigenvalue weighted by atomic mass is 9.72. The van der Waals surface area contributed by atoms with E-state index in [2.05, 4.69) is 27.8 Å². The van der Waals surface area contributed by atoms with Gasteiger partial charge in [0.2, 0.25) is 0 Å². The van der Waals surface area contributed by atoms with Gasteiger partial charge < -0.3 is 24.4 Å². The van der Waals surface area contributed by atoms with Gasteiger partial charge in [-0.3, -0.25) is 14.7 Å². The molecule has 1 aromatic carbocycles. The van der Waals surface area contributed by atoms with E-state index in [1.54, 1.807) is 7.11 Å². The molecule has 5 aliphatic rings. The fourth-order valence-corrected chi connectivity index (χ4v) is 7.74. The first-order valence-electron chi connectivity index (χ1n) is 11.3. The van der Waals surface area contributed by atoms with E-state index in [4.69, 9.17) is 14.2 Å². The number of hydrogen-bond acceptors (Lipinski definition) is 9. The predicted molar refractivity (Wildman–Crippen MR) is 113 cm³/mol. The highest BCUT2D eigenvalue weighted by atomic mass is 16.5. The third-order valence-corrected chi connectivity index (χ3v) is 8.73. The van der Waals surface area contributed by atoms with Crippen LogP contribution in [0, 0.1) is 24.2 Å². The minimum Gasteiger partial charge on any atom is -0.504 e. The zero-order valence-corrected chi connectivity index (χ0v) is 18.9. The van der Waals surface area contributed by atoms with Crippen LogP contribution in [-0.4, -0.2) is 96.3 Å². The normalized spacial score (nSPS) is 40.0. The summed E-state index contributed by atoms with van der Waals surface area (Å²) in [6.45, 7) is 3.13. The maximum Gasteiger partial charge on any atom is 0.167 e. The van der Waals surface area contributed by atoms with E-state index in [9.17, 15) is 15.5 Å². The fraction of sp³-hybridized carbons (Fsp3) is 0.696. The van der Waals surface area contributed by atoms with Gasteiger partial charge >= 0.3 is 0 Å². The molecule has 9 nitrogen and oxygen atoms in total. The van der Waals surface area contributed by atoms with Crippen LogP contribution in [0.1, 0.15) is 35.2 Å². The third-order valence-electron chi connectivity index (χ3n) is 8.73. The first-order chi connectivity index (χ1) is 15.5. The number of aromatic hydroxyl groups is 1. The average molecular weight is 443 g/mol. The van der Waals surface area contributed by atoms with Gasteiger partial charge in [-0.1, -0.05) is 0 Å². The Balaban J connectivity index is 1.69. The van der Waals surface area contributed by atoms with Crippen molar-refractivity contribution in [1.29, 1.82) is 5.26 Å². The van der Waals surface area contributed by atoms with E-state index in [0.717, 1.165) is 24.1 Å². The number of nitriles is 1. The van der Waals surface area contributed by atoms with Crippen molar-refractivity contribution in [3.05, 3.63) is 16.7 Å². The van der Waals surface area contributed by atoms with Crippen LogP contribution in [-0.2, 0) is 4.74 Å². The molecule has 9 heteroatoms. The van der Waals surface area contributed by atoms with E-state index >= 15 is 0 Å². The number of fused-ring (bicyclic) bond motifs is 6. The van der Waals surface area contributed by atoms with E-state index in [-0.39, 0.29) is 42.8 Å². The summed E-state index contributed by atoms with van der Waals surface area (Å²) < 4.78 is 17.8. The smallest absolute Gasteiger partial charge is 0.167 e. The molecule has 0 spiro atoms. The van der Waals surface area contributed by atoms with Gasteiger partial charge in [-0.05, 0) is 20.4 Å². The Hall–Kier alpha value is -2.09. The molecule has 8 atom stereocenters. The highest BCUT2D eigenvalue weighted by Crippen LogP contribution is 2.62. The summed E-state index contributed by atoms with van der Waals surface area (Å²) in [6, 6.07) is 1.76. The molecular formula is C23H30N4O5. The largest absolute Gasteiger partial charge is 0.504 e. The summed E-state index contributed by atoms with van der Waals surface area (Å²) in [4.78, 5) is 6.95. The number of hydrogen-bond donors (Lipinski definition) is 2. The van der Waals surface area contributed by atoms with Crippen LogP contribution in [0.2, 0.25) is 0 Å². The van der Waals surface area contributed by atoms with Crippen molar-refractivity contribution in [2.45, 2.75) is 55.8 Å². The zero-order chi connectivity index (χ0) is 22.5. The number of nitrogens with zero attached hydrogens (tertiary/aromatic N) is 4. The summed E-state index contributed by atoms with van der Waals surface area (Å²) in [7, 11) is 5.28. The molecule has 0 radical (unpaired) electrons. The summed E-state index contributed by atoms with van der Waals surface area (Å²) >= 11 is 0. The van der Waals surface area contributed by atoms with Gasteiger partial charge in [0.1, 0.15) is 18.0 Å². The molecule has 0 saturated carbocycles. The van der Waals surface area contributed by atoms with Crippen molar-refractivity contribution in [2.75, 3.05) is 41.0 Å². The molecule has 2 bridgehead atoms. The average Bonchev–Trinajstić information content (AvgIpc) is 3.36.